The lowest BCUT2D eigenvalue weighted by molar-refractivity contribution is 0.314. The Morgan fingerprint density at radius 2 is 2.12 bits per heavy atom. The number of halogens is 4. The molecule has 0 aliphatic carbocycles. The van der Waals surface area contributed by atoms with Gasteiger partial charge in [-0.1, -0.05) is 0 Å². The van der Waals surface area contributed by atoms with Crippen LogP contribution in [-0.2, 0) is 6.54 Å². The maximum Gasteiger partial charge on any atom is 0.144 e. The Balaban J connectivity index is 0.00000144. The molecule has 1 heterocycles. The first kappa shape index (κ1) is 14.8. The third-order valence-corrected chi connectivity index (χ3v) is 3.44. The van der Waals surface area contributed by atoms with Gasteiger partial charge in [-0.15, -0.1) is 12.4 Å². The molecule has 1 aromatic rings. The number of nitrogens with zero attached hydrogens (tertiary/aromatic N) is 1. The SMILES string of the molecule is Cl.NC1CCN(Cc2c(F)ccc(Br)c2F)C1. The van der Waals surface area contributed by atoms with Crippen LogP contribution >= 0.6 is 28.3 Å². The van der Waals surface area contributed by atoms with Crippen LogP contribution in [0.5, 0.6) is 0 Å². The van der Waals surface area contributed by atoms with Crippen LogP contribution in [0.1, 0.15) is 12.0 Å². The molecule has 0 amide bonds. The van der Waals surface area contributed by atoms with Crippen molar-refractivity contribution in [2.75, 3.05) is 13.1 Å². The van der Waals surface area contributed by atoms with E-state index in [-0.39, 0.29) is 30.6 Å². The molecule has 1 saturated heterocycles. The summed E-state index contributed by atoms with van der Waals surface area (Å²) in [5, 5.41) is 0. The molecule has 96 valence electrons. The lowest BCUT2D eigenvalue weighted by atomic mass is 10.2. The van der Waals surface area contributed by atoms with Gasteiger partial charge in [0.2, 0.25) is 0 Å². The van der Waals surface area contributed by atoms with E-state index in [0.717, 1.165) is 13.0 Å². The molecule has 1 aliphatic heterocycles. The van der Waals surface area contributed by atoms with Crippen molar-refractivity contribution in [3.05, 3.63) is 33.8 Å². The van der Waals surface area contributed by atoms with Crippen LogP contribution in [0.2, 0.25) is 0 Å². The van der Waals surface area contributed by atoms with Crippen molar-refractivity contribution in [3.8, 4) is 0 Å². The molecule has 2 rings (SSSR count). The van der Waals surface area contributed by atoms with Crippen LogP contribution in [0.15, 0.2) is 16.6 Å². The number of hydrogen-bond donors (Lipinski definition) is 1. The second-order valence-electron chi connectivity index (χ2n) is 4.11. The summed E-state index contributed by atoms with van der Waals surface area (Å²) >= 11 is 3.06. The van der Waals surface area contributed by atoms with Crippen molar-refractivity contribution in [2.45, 2.75) is 19.0 Å². The van der Waals surface area contributed by atoms with Gasteiger partial charge >= 0.3 is 0 Å². The molecule has 1 atom stereocenters. The highest BCUT2D eigenvalue weighted by Gasteiger charge is 2.22. The molecule has 0 aromatic heterocycles. The molecule has 0 bridgehead atoms. The van der Waals surface area contributed by atoms with E-state index in [0.29, 0.717) is 11.0 Å². The van der Waals surface area contributed by atoms with E-state index < -0.39 is 11.6 Å². The molecule has 2 nitrogen and oxygen atoms in total. The Bertz CT molecular complexity index is 403. The average Bonchev–Trinajstić information content (AvgIpc) is 2.65. The quantitative estimate of drug-likeness (QED) is 0.846. The number of hydrogen-bond acceptors (Lipinski definition) is 2. The van der Waals surface area contributed by atoms with Gasteiger partial charge in [0.15, 0.2) is 0 Å². The van der Waals surface area contributed by atoms with Crippen molar-refractivity contribution in [1.29, 1.82) is 0 Å². The molecule has 0 saturated carbocycles. The molecule has 0 radical (unpaired) electrons. The van der Waals surface area contributed by atoms with E-state index >= 15 is 0 Å². The summed E-state index contributed by atoms with van der Waals surface area (Å²) in [6.45, 7) is 1.78. The first-order chi connectivity index (χ1) is 7.58. The Kier molecular flexibility index (Phi) is 5.31. The van der Waals surface area contributed by atoms with Crippen LogP contribution in [-0.4, -0.2) is 24.0 Å². The van der Waals surface area contributed by atoms with Crippen LogP contribution < -0.4 is 5.73 Å². The summed E-state index contributed by atoms with van der Waals surface area (Å²) in [4.78, 5) is 1.97. The lowest BCUT2D eigenvalue weighted by Gasteiger charge is -2.16. The molecular formula is C11H14BrClF2N2. The van der Waals surface area contributed by atoms with Crippen LogP contribution in [0, 0.1) is 11.6 Å². The Morgan fingerprint density at radius 3 is 2.71 bits per heavy atom. The van der Waals surface area contributed by atoms with Crippen molar-refractivity contribution in [3.63, 3.8) is 0 Å². The zero-order chi connectivity index (χ0) is 11.7. The fourth-order valence-corrected chi connectivity index (χ4v) is 2.32. The van der Waals surface area contributed by atoms with E-state index in [1.54, 1.807) is 0 Å². The minimum atomic E-state index is -0.513. The predicted molar refractivity (Wildman–Crippen MR) is 69.2 cm³/mol. The third-order valence-electron chi connectivity index (χ3n) is 2.83. The Morgan fingerprint density at radius 1 is 1.41 bits per heavy atom. The van der Waals surface area contributed by atoms with Gasteiger partial charge in [0.05, 0.1) is 4.47 Å². The number of benzene rings is 1. The molecular weight excluding hydrogens is 313 g/mol. The zero-order valence-corrected chi connectivity index (χ0v) is 11.5. The molecule has 1 aliphatic rings. The fourth-order valence-electron chi connectivity index (χ4n) is 1.94. The minimum Gasteiger partial charge on any atom is -0.326 e. The van der Waals surface area contributed by atoms with Gasteiger partial charge in [-0.3, -0.25) is 4.90 Å². The molecule has 6 heteroatoms. The summed E-state index contributed by atoms with van der Waals surface area (Å²) in [7, 11) is 0. The summed E-state index contributed by atoms with van der Waals surface area (Å²) in [5.41, 5.74) is 5.86. The van der Waals surface area contributed by atoms with Crippen LogP contribution in [0.25, 0.3) is 0 Å². The number of nitrogens with two attached hydrogens (primary N) is 1. The normalized spacial score (nSPS) is 20.4. The molecule has 2 N–H and O–H groups in total. The van der Waals surface area contributed by atoms with E-state index in [1.165, 1.54) is 12.1 Å². The van der Waals surface area contributed by atoms with E-state index in [2.05, 4.69) is 15.9 Å². The number of likely N-dealkylation sites (tertiary alicyclic amines) is 1. The van der Waals surface area contributed by atoms with Crippen LogP contribution in [0.4, 0.5) is 8.78 Å². The van der Waals surface area contributed by atoms with Gasteiger partial charge in [-0.25, -0.2) is 8.78 Å². The van der Waals surface area contributed by atoms with E-state index in [4.69, 9.17) is 5.73 Å². The van der Waals surface area contributed by atoms with Crippen LogP contribution in [0.3, 0.4) is 0 Å². The first-order valence-electron chi connectivity index (χ1n) is 5.18. The molecule has 1 unspecified atom stereocenters. The van der Waals surface area contributed by atoms with Crippen molar-refractivity contribution < 1.29 is 8.78 Å². The van der Waals surface area contributed by atoms with Gasteiger partial charge < -0.3 is 5.73 Å². The molecule has 0 spiro atoms. The lowest BCUT2D eigenvalue weighted by Crippen LogP contribution is -2.27. The Labute approximate surface area is 114 Å². The Hall–Kier alpha value is -0.230. The summed E-state index contributed by atoms with van der Waals surface area (Å²) in [6.07, 6.45) is 0.886. The minimum absolute atomic E-state index is 0. The monoisotopic (exact) mass is 326 g/mol. The number of rotatable bonds is 2. The maximum absolute atomic E-state index is 13.7. The first-order valence-corrected chi connectivity index (χ1v) is 5.97. The smallest absolute Gasteiger partial charge is 0.144 e. The highest BCUT2D eigenvalue weighted by atomic mass is 79.9. The molecule has 1 aromatic carbocycles. The topological polar surface area (TPSA) is 29.3 Å². The zero-order valence-electron chi connectivity index (χ0n) is 9.13. The molecule has 1 fully saturated rings. The third kappa shape index (κ3) is 3.37. The fraction of sp³-hybridized carbons (Fsp3) is 0.455. The predicted octanol–water partition coefficient (Wildman–Crippen LogP) is 2.68. The summed E-state index contributed by atoms with van der Waals surface area (Å²) < 4.78 is 27.4. The van der Waals surface area contributed by atoms with Gasteiger partial charge in [-0.2, -0.15) is 0 Å². The standard InChI is InChI=1S/C11H13BrF2N2.ClH/c12-9-1-2-10(13)8(11(9)14)6-16-4-3-7(15)5-16;/h1-2,7H,3-6,15H2;1H. The highest BCUT2D eigenvalue weighted by molar-refractivity contribution is 9.10. The second kappa shape index (κ2) is 6.09. The average molecular weight is 328 g/mol. The highest BCUT2D eigenvalue weighted by Crippen LogP contribution is 2.23. The summed E-state index contributed by atoms with van der Waals surface area (Å²) in [6, 6.07) is 2.78. The second-order valence-corrected chi connectivity index (χ2v) is 4.96. The van der Waals surface area contributed by atoms with E-state index in [9.17, 15) is 8.78 Å². The van der Waals surface area contributed by atoms with Crippen molar-refractivity contribution >= 4 is 28.3 Å². The van der Waals surface area contributed by atoms with Crippen molar-refractivity contribution in [1.82, 2.24) is 4.90 Å². The van der Waals surface area contributed by atoms with Gasteiger partial charge in [0.25, 0.3) is 0 Å². The van der Waals surface area contributed by atoms with Crippen molar-refractivity contribution in [2.24, 2.45) is 5.73 Å². The van der Waals surface area contributed by atoms with Gasteiger partial charge in [0.1, 0.15) is 11.6 Å². The van der Waals surface area contributed by atoms with Gasteiger partial charge in [0, 0.05) is 31.2 Å². The maximum atomic E-state index is 13.7. The molecule has 17 heavy (non-hydrogen) atoms. The largest absolute Gasteiger partial charge is 0.326 e. The summed E-state index contributed by atoms with van der Waals surface area (Å²) in [5.74, 6) is -1.01. The van der Waals surface area contributed by atoms with Gasteiger partial charge in [-0.05, 0) is 34.5 Å². The van der Waals surface area contributed by atoms with E-state index in [1.807, 2.05) is 4.90 Å².